The van der Waals surface area contributed by atoms with Crippen LogP contribution in [0.3, 0.4) is 0 Å². The number of hydrogen-bond donors (Lipinski definition) is 0. The third-order valence-electron chi connectivity index (χ3n) is 1.26. The molecule has 0 amide bonds. The van der Waals surface area contributed by atoms with Gasteiger partial charge in [0.05, 0.1) is 10.7 Å². The smallest absolute Gasteiger partial charge is 0.154 e. The molecule has 0 aliphatic rings. The molecule has 0 aliphatic carbocycles. The van der Waals surface area contributed by atoms with Gasteiger partial charge >= 0.3 is 0 Å². The van der Waals surface area contributed by atoms with Crippen molar-refractivity contribution in [3.8, 4) is 0 Å². The van der Waals surface area contributed by atoms with Crippen molar-refractivity contribution in [3.63, 3.8) is 0 Å². The van der Waals surface area contributed by atoms with Gasteiger partial charge in [-0.3, -0.25) is 0 Å². The van der Waals surface area contributed by atoms with Crippen LogP contribution in [0.2, 0.25) is 10.2 Å². The van der Waals surface area contributed by atoms with E-state index in [2.05, 4.69) is 17.1 Å². The highest BCUT2D eigenvalue weighted by molar-refractivity contribution is 6.41. The van der Waals surface area contributed by atoms with Crippen LogP contribution in [0, 0.1) is 0 Å². The summed E-state index contributed by atoms with van der Waals surface area (Å²) in [4.78, 5) is 0. The number of nitrogens with zero attached hydrogens (tertiary/aromatic N) is 2. The number of hydrogen-bond acceptors (Lipinski definition) is 2. The van der Waals surface area contributed by atoms with E-state index >= 15 is 0 Å². The average Bonchev–Trinajstić information content (AvgIpc) is 1.98. The summed E-state index contributed by atoms with van der Waals surface area (Å²) < 4.78 is 0. The topological polar surface area (TPSA) is 25.8 Å². The fourth-order valence-corrected chi connectivity index (χ4v) is 1.02. The minimum Gasteiger partial charge on any atom is -0.154 e. The van der Waals surface area contributed by atoms with Gasteiger partial charge in [0.2, 0.25) is 0 Å². The summed E-state index contributed by atoms with van der Waals surface area (Å²) >= 11 is 11.3. The first-order valence-corrected chi connectivity index (χ1v) is 4.17. The molecule has 11 heavy (non-hydrogen) atoms. The van der Waals surface area contributed by atoms with E-state index in [0.717, 1.165) is 18.5 Å². The predicted molar refractivity (Wildman–Crippen MR) is 46.0 cm³/mol. The summed E-state index contributed by atoms with van der Waals surface area (Å²) in [6.07, 6.45) is 1.93. The maximum Gasteiger partial charge on any atom is 0.170 e. The van der Waals surface area contributed by atoms with Gasteiger partial charge < -0.3 is 0 Å². The number of aryl methyl sites for hydroxylation is 1. The molecule has 0 unspecified atom stereocenters. The zero-order valence-corrected chi connectivity index (χ0v) is 7.65. The van der Waals surface area contributed by atoms with Crippen LogP contribution in [0.25, 0.3) is 0 Å². The van der Waals surface area contributed by atoms with Gasteiger partial charge in [0.1, 0.15) is 0 Å². The van der Waals surface area contributed by atoms with E-state index in [9.17, 15) is 0 Å². The highest BCUT2D eigenvalue weighted by Crippen LogP contribution is 2.18. The Bertz CT molecular complexity index is 250. The molecule has 0 aliphatic heterocycles. The van der Waals surface area contributed by atoms with Crippen LogP contribution < -0.4 is 0 Å². The van der Waals surface area contributed by atoms with Crippen LogP contribution in [0.4, 0.5) is 0 Å². The van der Waals surface area contributed by atoms with Crippen molar-refractivity contribution in [1.29, 1.82) is 0 Å². The lowest BCUT2D eigenvalue weighted by Gasteiger charge is -1.97. The molecule has 4 heteroatoms. The van der Waals surface area contributed by atoms with E-state index in [-0.39, 0.29) is 5.15 Å². The van der Waals surface area contributed by atoms with Gasteiger partial charge in [-0.15, -0.1) is 5.10 Å². The maximum atomic E-state index is 5.72. The fraction of sp³-hybridized carbons (Fsp3) is 0.429. The number of aromatic nitrogens is 2. The Kier molecular flexibility index (Phi) is 3.09. The van der Waals surface area contributed by atoms with Crippen LogP contribution in [-0.4, -0.2) is 10.2 Å². The standard InChI is InChI=1S/C7H8Cl2N2/c1-2-3-5-4-6(8)7(9)11-10-5/h4H,2-3H2,1H3. The first-order valence-electron chi connectivity index (χ1n) is 3.41. The molecule has 1 heterocycles. The molecule has 0 N–H and O–H groups in total. The molecule has 0 aromatic carbocycles. The van der Waals surface area contributed by atoms with Gasteiger partial charge in [-0.2, -0.15) is 5.10 Å². The Morgan fingerprint density at radius 2 is 2.09 bits per heavy atom. The highest BCUT2D eigenvalue weighted by atomic mass is 35.5. The monoisotopic (exact) mass is 190 g/mol. The van der Waals surface area contributed by atoms with Crippen molar-refractivity contribution in [3.05, 3.63) is 21.9 Å². The van der Waals surface area contributed by atoms with E-state index in [1.807, 2.05) is 0 Å². The Labute approximate surface area is 75.5 Å². The minimum absolute atomic E-state index is 0.270. The second-order valence-corrected chi connectivity index (χ2v) is 2.99. The summed E-state index contributed by atoms with van der Waals surface area (Å²) in [5.41, 5.74) is 0.891. The first-order chi connectivity index (χ1) is 5.24. The quantitative estimate of drug-likeness (QED) is 0.718. The summed E-state index contributed by atoms with van der Waals surface area (Å²) in [6.45, 7) is 2.07. The van der Waals surface area contributed by atoms with Crippen molar-refractivity contribution in [1.82, 2.24) is 10.2 Å². The third kappa shape index (κ3) is 2.31. The van der Waals surface area contributed by atoms with Crippen molar-refractivity contribution in [2.75, 3.05) is 0 Å². The number of halogens is 2. The second-order valence-electron chi connectivity index (χ2n) is 2.22. The largest absolute Gasteiger partial charge is 0.170 e. The molecule has 0 bridgehead atoms. The zero-order valence-electron chi connectivity index (χ0n) is 6.14. The van der Waals surface area contributed by atoms with Crippen LogP contribution in [-0.2, 0) is 6.42 Å². The normalized spacial score (nSPS) is 10.1. The zero-order chi connectivity index (χ0) is 8.27. The third-order valence-corrected chi connectivity index (χ3v) is 1.93. The summed E-state index contributed by atoms with van der Waals surface area (Å²) in [6, 6.07) is 1.75. The van der Waals surface area contributed by atoms with E-state index < -0.39 is 0 Å². The van der Waals surface area contributed by atoms with Gasteiger partial charge in [0.25, 0.3) is 0 Å². The van der Waals surface area contributed by atoms with E-state index in [4.69, 9.17) is 23.2 Å². The molecule has 0 spiro atoms. The Morgan fingerprint density at radius 1 is 1.36 bits per heavy atom. The SMILES string of the molecule is CCCc1cc(Cl)c(Cl)nn1. The van der Waals surface area contributed by atoms with Crippen molar-refractivity contribution >= 4 is 23.2 Å². The molecule has 0 saturated carbocycles. The van der Waals surface area contributed by atoms with Crippen LogP contribution in [0.1, 0.15) is 19.0 Å². The lowest BCUT2D eigenvalue weighted by Crippen LogP contribution is -1.92. The van der Waals surface area contributed by atoms with Crippen LogP contribution in [0.5, 0.6) is 0 Å². The summed E-state index contributed by atoms with van der Waals surface area (Å²) in [7, 11) is 0. The first kappa shape index (κ1) is 8.75. The molecule has 0 saturated heterocycles. The Morgan fingerprint density at radius 3 is 2.64 bits per heavy atom. The average molecular weight is 191 g/mol. The van der Waals surface area contributed by atoms with E-state index in [1.54, 1.807) is 6.07 Å². The molecule has 60 valence electrons. The van der Waals surface area contributed by atoms with Gasteiger partial charge in [-0.25, -0.2) is 0 Å². The molecule has 0 fully saturated rings. The highest BCUT2D eigenvalue weighted by Gasteiger charge is 2.00. The number of rotatable bonds is 2. The predicted octanol–water partition coefficient (Wildman–Crippen LogP) is 2.74. The second kappa shape index (κ2) is 3.88. The van der Waals surface area contributed by atoms with Crippen molar-refractivity contribution in [2.45, 2.75) is 19.8 Å². The molecule has 0 atom stereocenters. The molecule has 1 aromatic heterocycles. The molecular weight excluding hydrogens is 183 g/mol. The lowest BCUT2D eigenvalue weighted by atomic mass is 10.2. The summed E-state index contributed by atoms with van der Waals surface area (Å²) in [5, 5.41) is 8.29. The van der Waals surface area contributed by atoms with Gasteiger partial charge in [-0.05, 0) is 12.5 Å². The van der Waals surface area contributed by atoms with Crippen molar-refractivity contribution < 1.29 is 0 Å². The Hall–Kier alpha value is -0.340. The van der Waals surface area contributed by atoms with Gasteiger partial charge in [-0.1, -0.05) is 36.5 Å². The van der Waals surface area contributed by atoms with Crippen LogP contribution in [0.15, 0.2) is 6.07 Å². The molecule has 2 nitrogen and oxygen atoms in total. The molecular formula is C7H8Cl2N2. The van der Waals surface area contributed by atoms with E-state index in [1.165, 1.54) is 0 Å². The molecule has 1 rings (SSSR count). The minimum atomic E-state index is 0.270. The van der Waals surface area contributed by atoms with Gasteiger partial charge in [0, 0.05) is 0 Å². The fourth-order valence-electron chi connectivity index (χ4n) is 0.769. The lowest BCUT2D eigenvalue weighted by molar-refractivity contribution is 0.839. The molecule has 0 radical (unpaired) electrons. The van der Waals surface area contributed by atoms with E-state index in [0.29, 0.717) is 5.02 Å². The van der Waals surface area contributed by atoms with Crippen LogP contribution >= 0.6 is 23.2 Å². The van der Waals surface area contributed by atoms with Gasteiger partial charge in [0.15, 0.2) is 5.15 Å². The molecule has 1 aromatic rings. The summed E-state index contributed by atoms with van der Waals surface area (Å²) in [5.74, 6) is 0. The Balaban J connectivity index is 2.86. The maximum absolute atomic E-state index is 5.72. The van der Waals surface area contributed by atoms with Crippen molar-refractivity contribution in [2.24, 2.45) is 0 Å².